The fourth-order valence-electron chi connectivity index (χ4n) is 2.58. The second-order valence-corrected chi connectivity index (χ2v) is 3.89. The lowest BCUT2D eigenvalue weighted by Crippen LogP contribution is -2.97. The molecule has 0 saturated heterocycles. The lowest BCUT2D eigenvalue weighted by Gasteiger charge is -2.71. The molecule has 3 rings (SSSR count). The summed E-state index contributed by atoms with van der Waals surface area (Å²) in [5, 5.41) is 0. The van der Waals surface area contributed by atoms with Gasteiger partial charge in [-0.25, -0.2) is 35.1 Å². The van der Waals surface area contributed by atoms with Gasteiger partial charge in [-0.1, -0.05) is 0 Å². The standard InChI is InChI=1S/C8F8/c9-1-2(10)6(14)5(1,13)7(15)3(11)4(12)8(6,7)16. The Hall–Kier alpha value is -1.08. The topological polar surface area (TPSA) is 0 Å². The highest BCUT2D eigenvalue weighted by Gasteiger charge is 3.09. The highest BCUT2D eigenvalue weighted by atomic mass is 19.2. The van der Waals surface area contributed by atoms with Crippen LogP contribution >= 0.6 is 0 Å². The van der Waals surface area contributed by atoms with Crippen LogP contribution in [0.1, 0.15) is 0 Å². The maximum absolute atomic E-state index is 13.4. The molecule has 0 aromatic heterocycles. The molecule has 0 N–H and O–H groups in total. The summed E-state index contributed by atoms with van der Waals surface area (Å²) >= 11 is 0. The van der Waals surface area contributed by atoms with Gasteiger partial charge in [0.2, 0.25) is 0 Å². The molecular formula is C8F8. The van der Waals surface area contributed by atoms with Crippen LogP contribution < -0.4 is 0 Å². The van der Waals surface area contributed by atoms with E-state index in [-0.39, 0.29) is 0 Å². The minimum atomic E-state index is -4.45. The molecule has 0 amide bonds. The van der Waals surface area contributed by atoms with Crippen molar-refractivity contribution >= 4 is 0 Å². The number of hydrogen-bond acceptors (Lipinski definition) is 0. The van der Waals surface area contributed by atoms with Crippen LogP contribution in [0, 0.1) is 0 Å². The quantitative estimate of drug-likeness (QED) is 0.577. The number of allylic oxidation sites excluding steroid dienone is 4. The largest absolute Gasteiger partial charge is 0.252 e. The predicted octanol–water partition coefficient (Wildman–Crippen LogP) is 3.16. The van der Waals surface area contributed by atoms with E-state index in [0.29, 0.717) is 0 Å². The second-order valence-electron chi connectivity index (χ2n) is 3.89. The van der Waals surface area contributed by atoms with Crippen LogP contribution in [0.25, 0.3) is 0 Å². The molecular weight excluding hydrogens is 248 g/mol. The third-order valence-electron chi connectivity index (χ3n) is 3.49. The van der Waals surface area contributed by atoms with Crippen molar-refractivity contribution in [3.05, 3.63) is 23.3 Å². The zero-order chi connectivity index (χ0) is 12.3. The zero-order valence-corrected chi connectivity index (χ0v) is 7.02. The second kappa shape index (κ2) is 1.91. The van der Waals surface area contributed by atoms with E-state index < -0.39 is 46.0 Å². The first-order valence-electron chi connectivity index (χ1n) is 4.01. The van der Waals surface area contributed by atoms with E-state index in [4.69, 9.17) is 0 Å². The van der Waals surface area contributed by atoms with Crippen LogP contribution in [0.15, 0.2) is 23.3 Å². The highest BCUT2D eigenvalue weighted by Crippen LogP contribution is 2.85. The average molecular weight is 248 g/mol. The maximum Gasteiger partial charge on any atom is 0.252 e. The Labute approximate surface area is 82.2 Å². The van der Waals surface area contributed by atoms with E-state index in [2.05, 4.69) is 0 Å². The minimum absolute atomic E-state index is 2.58. The Balaban J connectivity index is 2.32. The van der Waals surface area contributed by atoms with Crippen molar-refractivity contribution in [2.75, 3.05) is 0 Å². The molecule has 0 aliphatic heterocycles. The molecule has 0 unspecified atom stereocenters. The molecule has 0 aromatic carbocycles. The Morgan fingerprint density at radius 3 is 0.688 bits per heavy atom. The Morgan fingerprint density at radius 1 is 0.438 bits per heavy atom. The van der Waals surface area contributed by atoms with Gasteiger partial charge in [-0.3, -0.25) is 0 Å². The third kappa shape index (κ3) is 0.410. The van der Waals surface area contributed by atoms with Gasteiger partial charge in [0.1, 0.15) is 0 Å². The first-order valence-corrected chi connectivity index (χ1v) is 4.01. The van der Waals surface area contributed by atoms with Crippen molar-refractivity contribution in [1.29, 1.82) is 0 Å². The summed E-state index contributed by atoms with van der Waals surface area (Å²) in [7, 11) is 0. The lowest BCUT2D eigenvalue weighted by molar-refractivity contribution is -0.354. The third-order valence-corrected chi connectivity index (χ3v) is 3.49. The van der Waals surface area contributed by atoms with Crippen LogP contribution in [0.4, 0.5) is 35.1 Å². The Morgan fingerprint density at radius 2 is 0.562 bits per heavy atom. The van der Waals surface area contributed by atoms with Gasteiger partial charge in [-0.15, -0.1) is 0 Å². The summed E-state index contributed by atoms with van der Waals surface area (Å²) in [6.07, 6.45) is 0. The lowest BCUT2D eigenvalue weighted by atomic mass is 9.36. The molecule has 0 radical (unpaired) electrons. The van der Waals surface area contributed by atoms with Crippen LogP contribution in [0.3, 0.4) is 0 Å². The molecule has 1 saturated carbocycles. The molecule has 8 heteroatoms. The fraction of sp³-hybridized carbons (Fsp3) is 0.500. The van der Waals surface area contributed by atoms with Gasteiger partial charge < -0.3 is 0 Å². The van der Waals surface area contributed by atoms with Crippen LogP contribution in [-0.2, 0) is 0 Å². The molecule has 1 fully saturated rings. The summed E-state index contributed by atoms with van der Waals surface area (Å²) in [5.41, 5.74) is -17.8. The summed E-state index contributed by atoms with van der Waals surface area (Å²) in [4.78, 5) is 0. The minimum Gasteiger partial charge on any atom is -0.227 e. The molecule has 0 aromatic rings. The number of rotatable bonds is 0. The summed E-state index contributed by atoms with van der Waals surface area (Å²) in [6.45, 7) is 0. The van der Waals surface area contributed by atoms with E-state index in [0.717, 1.165) is 0 Å². The van der Waals surface area contributed by atoms with Crippen molar-refractivity contribution in [2.24, 2.45) is 0 Å². The van der Waals surface area contributed by atoms with Gasteiger partial charge in [-0.05, 0) is 0 Å². The summed E-state index contributed by atoms with van der Waals surface area (Å²) < 4.78 is 104. The van der Waals surface area contributed by atoms with Crippen LogP contribution in [0.2, 0.25) is 0 Å². The molecule has 0 atom stereocenters. The molecule has 3 aliphatic carbocycles. The van der Waals surface area contributed by atoms with Crippen molar-refractivity contribution in [1.82, 2.24) is 0 Å². The van der Waals surface area contributed by atoms with Crippen LogP contribution in [-0.4, -0.2) is 22.7 Å². The normalized spacial score (nSPS) is 58.5. The van der Waals surface area contributed by atoms with Gasteiger partial charge >= 0.3 is 0 Å². The Kier molecular flexibility index (Phi) is 1.20. The molecule has 88 valence electrons. The highest BCUT2D eigenvalue weighted by molar-refractivity contribution is 5.73. The molecule has 3 aliphatic rings. The average Bonchev–Trinajstić information content (AvgIpc) is 2.30. The first-order chi connectivity index (χ1) is 7.13. The van der Waals surface area contributed by atoms with Crippen molar-refractivity contribution in [3.63, 3.8) is 0 Å². The number of fused-ring (bicyclic) bond motifs is 4. The molecule has 16 heavy (non-hydrogen) atoms. The smallest absolute Gasteiger partial charge is 0.227 e. The van der Waals surface area contributed by atoms with Gasteiger partial charge in [0.05, 0.1) is 0 Å². The van der Waals surface area contributed by atoms with Gasteiger partial charge in [-0.2, -0.15) is 0 Å². The maximum atomic E-state index is 13.4. The van der Waals surface area contributed by atoms with Gasteiger partial charge in [0.25, 0.3) is 22.7 Å². The van der Waals surface area contributed by atoms with E-state index >= 15 is 0 Å². The van der Waals surface area contributed by atoms with E-state index in [9.17, 15) is 35.1 Å². The SMILES string of the molecule is FC1=C(F)C2(F)C1(F)C1(F)C(F)=C(F)C21F. The fourth-order valence-corrected chi connectivity index (χ4v) is 2.58. The monoisotopic (exact) mass is 248 g/mol. The molecule has 0 bridgehead atoms. The Bertz CT molecular complexity index is 402. The van der Waals surface area contributed by atoms with E-state index in [1.807, 2.05) is 0 Å². The van der Waals surface area contributed by atoms with Gasteiger partial charge in [0.15, 0.2) is 23.3 Å². The van der Waals surface area contributed by atoms with Crippen molar-refractivity contribution < 1.29 is 35.1 Å². The van der Waals surface area contributed by atoms with Crippen LogP contribution in [0.5, 0.6) is 0 Å². The number of halogens is 8. The number of alkyl halides is 4. The molecule has 0 heterocycles. The van der Waals surface area contributed by atoms with E-state index in [1.54, 1.807) is 0 Å². The zero-order valence-electron chi connectivity index (χ0n) is 7.02. The molecule has 0 spiro atoms. The predicted molar refractivity (Wildman–Crippen MR) is 33.8 cm³/mol. The van der Waals surface area contributed by atoms with Gasteiger partial charge in [0, 0.05) is 0 Å². The molecule has 0 nitrogen and oxygen atoms in total. The first kappa shape index (κ1) is 10.1. The summed E-state index contributed by atoms with van der Waals surface area (Å²) in [5.74, 6) is -10.3. The number of hydrogen-bond donors (Lipinski definition) is 0. The van der Waals surface area contributed by atoms with Crippen molar-refractivity contribution in [2.45, 2.75) is 22.7 Å². The summed E-state index contributed by atoms with van der Waals surface area (Å²) in [6, 6.07) is 0. The van der Waals surface area contributed by atoms with Crippen molar-refractivity contribution in [3.8, 4) is 0 Å². The van der Waals surface area contributed by atoms with E-state index in [1.165, 1.54) is 0 Å².